The molecule has 2 aliphatic carbocycles. The Morgan fingerprint density at radius 1 is 0.344 bits per heavy atom. The van der Waals surface area contributed by atoms with Crippen molar-refractivity contribution in [1.29, 1.82) is 0 Å². The first-order chi connectivity index (χ1) is 30.0. The molecule has 1 nitrogen and oxygen atoms in total. The maximum Gasteiger partial charge on any atom is 0.0714 e. The summed E-state index contributed by atoms with van der Waals surface area (Å²) >= 11 is 0. The molecule has 0 aromatic heterocycles. The SMILES string of the molecule is CC1(C)c2ccccc2-c2ccc(N(c3ccc(-c4ccccc4)cc3)c3cc4c(c5ccccc35)-c3c(ccc5ccccc35)C4(c3ccccc3)c3ccccc3)cc21. The van der Waals surface area contributed by atoms with Crippen LogP contribution in [0, 0.1) is 0 Å². The van der Waals surface area contributed by atoms with Crippen LogP contribution in [0.15, 0.2) is 224 Å². The highest BCUT2D eigenvalue weighted by Crippen LogP contribution is 2.61. The van der Waals surface area contributed by atoms with Gasteiger partial charge in [0.05, 0.1) is 11.1 Å². The van der Waals surface area contributed by atoms with Crippen LogP contribution in [0.3, 0.4) is 0 Å². The van der Waals surface area contributed by atoms with Crippen LogP contribution in [0.2, 0.25) is 0 Å². The Bertz CT molecular complexity index is 3270. The van der Waals surface area contributed by atoms with Gasteiger partial charge >= 0.3 is 0 Å². The molecule has 0 bridgehead atoms. The number of anilines is 3. The minimum atomic E-state index is -0.583. The van der Waals surface area contributed by atoms with Gasteiger partial charge in [-0.25, -0.2) is 0 Å². The minimum absolute atomic E-state index is 0.150. The zero-order valence-corrected chi connectivity index (χ0v) is 34.3. The van der Waals surface area contributed by atoms with Crippen molar-refractivity contribution in [3.63, 3.8) is 0 Å². The van der Waals surface area contributed by atoms with Gasteiger partial charge in [0.25, 0.3) is 0 Å². The van der Waals surface area contributed by atoms with E-state index in [1.807, 2.05) is 0 Å². The van der Waals surface area contributed by atoms with Crippen LogP contribution in [-0.2, 0) is 10.8 Å². The van der Waals surface area contributed by atoms with Gasteiger partial charge in [-0.05, 0) is 113 Å². The number of benzene rings is 10. The summed E-state index contributed by atoms with van der Waals surface area (Å²) in [5.74, 6) is 0. The van der Waals surface area contributed by atoms with Crippen LogP contribution >= 0.6 is 0 Å². The highest BCUT2D eigenvalue weighted by molar-refractivity contribution is 6.16. The fourth-order valence-electron chi connectivity index (χ4n) is 11.0. The van der Waals surface area contributed by atoms with Crippen molar-refractivity contribution in [2.24, 2.45) is 0 Å². The summed E-state index contributed by atoms with van der Waals surface area (Å²) in [6.07, 6.45) is 0. The predicted molar refractivity (Wildman–Crippen MR) is 256 cm³/mol. The lowest BCUT2D eigenvalue weighted by molar-refractivity contribution is 0.660. The maximum absolute atomic E-state index is 2.55. The molecule has 10 aromatic carbocycles. The second-order valence-electron chi connectivity index (χ2n) is 17.2. The molecular weight excluding hydrogens is 735 g/mol. The quantitative estimate of drug-likeness (QED) is 0.163. The average molecular weight is 778 g/mol. The van der Waals surface area contributed by atoms with E-state index < -0.39 is 5.41 Å². The highest BCUT2D eigenvalue weighted by atomic mass is 15.1. The second kappa shape index (κ2) is 13.5. The van der Waals surface area contributed by atoms with Crippen molar-refractivity contribution in [3.05, 3.63) is 258 Å². The molecule has 1 heteroatoms. The minimum Gasteiger partial charge on any atom is -0.310 e. The lowest BCUT2D eigenvalue weighted by atomic mass is 9.67. The van der Waals surface area contributed by atoms with E-state index in [4.69, 9.17) is 0 Å². The second-order valence-corrected chi connectivity index (χ2v) is 17.2. The molecular formula is C60H43N. The molecule has 0 radical (unpaired) electrons. The largest absolute Gasteiger partial charge is 0.310 e. The normalized spacial score (nSPS) is 14.0. The van der Waals surface area contributed by atoms with Crippen molar-refractivity contribution < 1.29 is 0 Å². The van der Waals surface area contributed by atoms with Gasteiger partial charge in [-0.1, -0.05) is 208 Å². The van der Waals surface area contributed by atoms with Crippen molar-refractivity contribution >= 4 is 38.6 Å². The Morgan fingerprint density at radius 2 is 0.885 bits per heavy atom. The molecule has 0 saturated heterocycles. The summed E-state index contributed by atoms with van der Waals surface area (Å²) in [6, 6.07) is 83.7. The first kappa shape index (κ1) is 35.5. The Labute approximate surface area is 357 Å². The van der Waals surface area contributed by atoms with Crippen LogP contribution in [0.1, 0.15) is 47.2 Å². The third kappa shape index (κ3) is 5.14. The lowest BCUT2D eigenvalue weighted by Gasteiger charge is -2.35. The topological polar surface area (TPSA) is 3.24 Å². The van der Waals surface area contributed by atoms with Crippen molar-refractivity contribution in [3.8, 4) is 33.4 Å². The van der Waals surface area contributed by atoms with E-state index in [2.05, 4.69) is 243 Å². The van der Waals surface area contributed by atoms with E-state index in [1.54, 1.807) is 0 Å². The molecule has 0 aliphatic heterocycles. The molecule has 0 heterocycles. The van der Waals surface area contributed by atoms with Crippen molar-refractivity contribution in [2.45, 2.75) is 24.7 Å². The van der Waals surface area contributed by atoms with E-state index in [-0.39, 0.29) is 5.41 Å². The number of fused-ring (bicyclic) bond motifs is 10. The van der Waals surface area contributed by atoms with Gasteiger partial charge in [0.15, 0.2) is 0 Å². The molecule has 12 rings (SSSR count). The molecule has 0 fully saturated rings. The third-order valence-electron chi connectivity index (χ3n) is 13.7. The number of rotatable bonds is 6. The third-order valence-corrected chi connectivity index (χ3v) is 13.7. The van der Waals surface area contributed by atoms with Crippen LogP contribution in [0.25, 0.3) is 54.9 Å². The van der Waals surface area contributed by atoms with E-state index in [0.717, 1.165) is 17.1 Å². The first-order valence-corrected chi connectivity index (χ1v) is 21.4. The number of hydrogen-bond acceptors (Lipinski definition) is 1. The van der Waals surface area contributed by atoms with E-state index in [1.165, 1.54) is 88.3 Å². The van der Waals surface area contributed by atoms with Gasteiger partial charge in [-0.15, -0.1) is 0 Å². The van der Waals surface area contributed by atoms with Crippen molar-refractivity contribution in [1.82, 2.24) is 0 Å². The Morgan fingerprint density at radius 3 is 1.61 bits per heavy atom. The molecule has 2 aliphatic rings. The van der Waals surface area contributed by atoms with Crippen LogP contribution in [-0.4, -0.2) is 0 Å². The van der Waals surface area contributed by atoms with E-state index in [0.29, 0.717) is 0 Å². The molecule has 288 valence electrons. The molecule has 61 heavy (non-hydrogen) atoms. The van der Waals surface area contributed by atoms with E-state index >= 15 is 0 Å². The maximum atomic E-state index is 2.55. The monoisotopic (exact) mass is 777 g/mol. The van der Waals surface area contributed by atoms with Gasteiger partial charge in [-0.3, -0.25) is 0 Å². The summed E-state index contributed by atoms with van der Waals surface area (Å²) in [7, 11) is 0. The number of nitrogens with zero attached hydrogens (tertiary/aromatic N) is 1. The molecule has 0 saturated carbocycles. The van der Waals surface area contributed by atoms with Gasteiger partial charge < -0.3 is 4.90 Å². The zero-order valence-electron chi connectivity index (χ0n) is 34.3. The van der Waals surface area contributed by atoms with Gasteiger partial charge in [0.2, 0.25) is 0 Å². The number of hydrogen-bond donors (Lipinski definition) is 0. The molecule has 10 aromatic rings. The summed E-state index contributed by atoms with van der Waals surface area (Å²) in [6.45, 7) is 4.75. The standard InChI is InChI=1S/C60H43N/c1-59(2)52-29-17-16-26-48(52)49-36-35-46(38-54(49)59)61(45-33-30-41(31-34-45)40-18-6-3-7-19-40)56-39-55-58(51-28-15-14-27-50(51)56)57-47-25-13-12-20-42(47)32-37-53(57)60(55,43-21-8-4-9-22-43)44-23-10-5-11-24-44/h3-39H,1-2H3. The highest BCUT2D eigenvalue weighted by Gasteiger charge is 2.48. The lowest BCUT2D eigenvalue weighted by Crippen LogP contribution is -2.28. The zero-order chi connectivity index (χ0) is 40.7. The summed E-state index contributed by atoms with van der Waals surface area (Å²) in [4.78, 5) is 2.53. The molecule has 0 unspecified atom stereocenters. The Hall–Kier alpha value is -7.48. The fourth-order valence-corrected chi connectivity index (χ4v) is 11.0. The van der Waals surface area contributed by atoms with Crippen LogP contribution in [0.5, 0.6) is 0 Å². The van der Waals surface area contributed by atoms with Crippen molar-refractivity contribution in [2.75, 3.05) is 4.90 Å². The summed E-state index contributed by atoms with van der Waals surface area (Å²) < 4.78 is 0. The first-order valence-electron chi connectivity index (χ1n) is 21.4. The smallest absolute Gasteiger partial charge is 0.0714 e. The summed E-state index contributed by atoms with van der Waals surface area (Å²) in [5, 5.41) is 4.99. The summed E-state index contributed by atoms with van der Waals surface area (Å²) in [5.41, 5.74) is 18.2. The Balaban J connectivity index is 1.20. The van der Waals surface area contributed by atoms with Crippen LogP contribution < -0.4 is 4.90 Å². The van der Waals surface area contributed by atoms with E-state index in [9.17, 15) is 0 Å². The average Bonchev–Trinajstić information content (AvgIpc) is 3.76. The van der Waals surface area contributed by atoms with Crippen LogP contribution in [0.4, 0.5) is 17.1 Å². The van der Waals surface area contributed by atoms with Gasteiger partial charge in [0, 0.05) is 22.2 Å². The fraction of sp³-hybridized carbons (Fsp3) is 0.0667. The Kier molecular flexibility index (Phi) is 7.86. The molecule has 0 N–H and O–H groups in total. The van der Waals surface area contributed by atoms with Gasteiger partial charge in [0.1, 0.15) is 0 Å². The predicted octanol–water partition coefficient (Wildman–Crippen LogP) is 15.8. The molecule has 0 atom stereocenters. The molecule has 0 spiro atoms. The van der Waals surface area contributed by atoms with Gasteiger partial charge in [-0.2, -0.15) is 0 Å². The molecule has 0 amide bonds.